The predicted octanol–water partition coefficient (Wildman–Crippen LogP) is 2.35. The Labute approximate surface area is 104 Å². The number of carbonyl (C=O) groups excluding carboxylic acids is 1. The number of methoxy groups -OCH3 is 1. The van der Waals surface area contributed by atoms with Crippen LogP contribution in [0.1, 0.15) is 17.2 Å². The summed E-state index contributed by atoms with van der Waals surface area (Å²) in [6, 6.07) is 2.99. The van der Waals surface area contributed by atoms with Gasteiger partial charge >= 0.3 is 5.97 Å². The van der Waals surface area contributed by atoms with Crippen LogP contribution in [0.4, 0.5) is 0 Å². The molecular formula is C11H11Cl2NO2. The molecule has 1 aromatic carbocycles. The second-order valence-electron chi connectivity index (χ2n) is 3.62. The van der Waals surface area contributed by atoms with Gasteiger partial charge in [-0.2, -0.15) is 0 Å². The van der Waals surface area contributed by atoms with Gasteiger partial charge in [0.25, 0.3) is 0 Å². The number of fused-ring (bicyclic) bond motifs is 1. The molecule has 0 bridgehead atoms. The van der Waals surface area contributed by atoms with Crippen LogP contribution in [0.5, 0.6) is 0 Å². The zero-order valence-electron chi connectivity index (χ0n) is 8.72. The van der Waals surface area contributed by atoms with Crippen LogP contribution in [0.15, 0.2) is 12.1 Å². The van der Waals surface area contributed by atoms with Crippen molar-refractivity contribution in [2.45, 2.75) is 12.5 Å². The number of carbonyl (C=O) groups is 1. The van der Waals surface area contributed by atoms with Gasteiger partial charge in [-0.15, -0.1) is 0 Å². The first kappa shape index (κ1) is 11.7. The van der Waals surface area contributed by atoms with Gasteiger partial charge in [0.1, 0.15) is 6.04 Å². The molecule has 0 saturated carbocycles. The molecule has 2 rings (SSSR count). The lowest BCUT2D eigenvalue weighted by Crippen LogP contribution is -2.35. The Hall–Kier alpha value is -0.770. The lowest BCUT2D eigenvalue weighted by Gasteiger charge is -2.25. The van der Waals surface area contributed by atoms with Gasteiger partial charge in [-0.1, -0.05) is 23.2 Å². The first-order valence-corrected chi connectivity index (χ1v) is 5.68. The summed E-state index contributed by atoms with van der Waals surface area (Å²) in [4.78, 5) is 11.6. The third kappa shape index (κ3) is 2.03. The summed E-state index contributed by atoms with van der Waals surface area (Å²) >= 11 is 12.0. The fourth-order valence-corrected chi connectivity index (χ4v) is 2.53. The number of ether oxygens (including phenoxy) is 1. The minimum atomic E-state index is -0.468. The highest BCUT2D eigenvalue weighted by Crippen LogP contribution is 2.32. The Kier molecular flexibility index (Phi) is 3.38. The standard InChI is InChI=1S/C11H11Cl2NO2/c1-16-11(15)10-8-4-6(12)5-9(13)7(8)2-3-14-10/h4-5,10,14H,2-3H2,1H3. The molecular weight excluding hydrogens is 249 g/mol. The highest BCUT2D eigenvalue weighted by atomic mass is 35.5. The summed E-state index contributed by atoms with van der Waals surface area (Å²) in [6.07, 6.45) is 0.791. The molecule has 0 aliphatic carbocycles. The van der Waals surface area contributed by atoms with Crippen LogP contribution in [0, 0.1) is 0 Å². The first-order valence-electron chi connectivity index (χ1n) is 4.92. The van der Waals surface area contributed by atoms with Crippen molar-refractivity contribution in [2.75, 3.05) is 13.7 Å². The number of benzene rings is 1. The number of rotatable bonds is 1. The van der Waals surface area contributed by atoms with E-state index in [1.165, 1.54) is 7.11 Å². The molecule has 5 heteroatoms. The van der Waals surface area contributed by atoms with Crippen LogP contribution in [0.2, 0.25) is 10.0 Å². The third-order valence-corrected chi connectivity index (χ3v) is 3.22. The first-order chi connectivity index (χ1) is 7.63. The van der Waals surface area contributed by atoms with Crippen LogP contribution in [-0.4, -0.2) is 19.6 Å². The van der Waals surface area contributed by atoms with Gasteiger partial charge < -0.3 is 10.1 Å². The van der Waals surface area contributed by atoms with Crippen molar-refractivity contribution in [3.8, 4) is 0 Å². The summed E-state index contributed by atoms with van der Waals surface area (Å²) in [5, 5.41) is 4.23. The minimum Gasteiger partial charge on any atom is -0.468 e. The zero-order chi connectivity index (χ0) is 11.7. The van der Waals surface area contributed by atoms with E-state index < -0.39 is 6.04 Å². The van der Waals surface area contributed by atoms with E-state index in [1.807, 2.05) is 0 Å². The summed E-state index contributed by atoms with van der Waals surface area (Å²) in [6.45, 7) is 0.702. The molecule has 1 N–H and O–H groups in total. The molecule has 1 unspecified atom stereocenters. The SMILES string of the molecule is COC(=O)C1NCCc2c(Cl)cc(Cl)cc21. The van der Waals surface area contributed by atoms with Crippen molar-refractivity contribution in [1.82, 2.24) is 5.32 Å². The normalized spacial score (nSPS) is 19.1. The summed E-state index contributed by atoms with van der Waals surface area (Å²) in [5.74, 6) is -0.320. The van der Waals surface area contributed by atoms with Crippen LogP contribution >= 0.6 is 23.2 Å². The van der Waals surface area contributed by atoms with E-state index in [-0.39, 0.29) is 5.97 Å². The van der Waals surface area contributed by atoms with Crippen molar-refractivity contribution in [3.63, 3.8) is 0 Å². The molecule has 0 saturated heterocycles. The van der Waals surface area contributed by atoms with Crippen LogP contribution in [0.25, 0.3) is 0 Å². The van der Waals surface area contributed by atoms with E-state index in [0.29, 0.717) is 16.6 Å². The monoisotopic (exact) mass is 259 g/mol. The topological polar surface area (TPSA) is 38.3 Å². The molecule has 16 heavy (non-hydrogen) atoms. The van der Waals surface area contributed by atoms with Gasteiger partial charge in [-0.3, -0.25) is 0 Å². The molecule has 0 spiro atoms. The van der Waals surface area contributed by atoms with E-state index >= 15 is 0 Å². The Balaban J connectivity index is 2.49. The van der Waals surface area contributed by atoms with Crippen molar-refractivity contribution in [1.29, 1.82) is 0 Å². The molecule has 1 aliphatic heterocycles. The highest BCUT2D eigenvalue weighted by molar-refractivity contribution is 6.35. The Morgan fingerprint density at radius 2 is 2.25 bits per heavy atom. The van der Waals surface area contributed by atoms with Crippen molar-refractivity contribution < 1.29 is 9.53 Å². The summed E-state index contributed by atoms with van der Waals surface area (Å²) in [7, 11) is 1.37. The van der Waals surface area contributed by atoms with Gasteiger partial charge in [0.15, 0.2) is 0 Å². The molecule has 1 aromatic rings. The molecule has 1 atom stereocenters. The molecule has 86 valence electrons. The van der Waals surface area contributed by atoms with Gasteiger partial charge in [0, 0.05) is 16.6 Å². The summed E-state index contributed by atoms with van der Waals surface area (Å²) < 4.78 is 4.74. The molecule has 1 aliphatic rings. The number of halogens is 2. The third-order valence-electron chi connectivity index (χ3n) is 2.67. The van der Waals surface area contributed by atoms with E-state index in [2.05, 4.69) is 5.32 Å². The lowest BCUT2D eigenvalue weighted by atomic mass is 9.94. The minimum absolute atomic E-state index is 0.320. The van der Waals surface area contributed by atoms with Crippen LogP contribution < -0.4 is 5.32 Å². The van der Waals surface area contributed by atoms with Crippen molar-refractivity contribution in [3.05, 3.63) is 33.3 Å². The largest absolute Gasteiger partial charge is 0.468 e. The maximum absolute atomic E-state index is 11.6. The van der Waals surface area contributed by atoms with E-state index in [9.17, 15) is 4.79 Å². The quantitative estimate of drug-likeness (QED) is 0.788. The molecule has 0 radical (unpaired) electrons. The Morgan fingerprint density at radius 3 is 2.94 bits per heavy atom. The summed E-state index contributed by atoms with van der Waals surface area (Å²) in [5.41, 5.74) is 1.79. The maximum atomic E-state index is 11.6. The van der Waals surface area contributed by atoms with Crippen LogP contribution in [0.3, 0.4) is 0 Å². The lowest BCUT2D eigenvalue weighted by molar-refractivity contribution is -0.143. The molecule has 0 aromatic heterocycles. The second-order valence-corrected chi connectivity index (χ2v) is 4.46. The smallest absolute Gasteiger partial charge is 0.327 e. The fraction of sp³-hybridized carbons (Fsp3) is 0.364. The maximum Gasteiger partial charge on any atom is 0.327 e. The second kappa shape index (κ2) is 4.62. The van der Waals surface area contributed by atoms with E-state index in [1.54, 1.807) is 12.1 Å². The number of hydrogen-bond acceptors (Lipinski definition) is 3. The van der Waals surface area contributed by atoms with Gasteiger partial charge in [-0.25, -0.2) is 4.79 Å². The molecule has 3 nitrogen and oxygen atoms in total. The average Bonchev–Trinajstić information content (AvgIpc) is 2.27. The number of nitrogens with one attached hydrogen (secondary N) is 1. The zero-order valence-corrected chi connectivity index (χ0v) is 10.2. The van der Waals surface area contributed by atoms with E-state index in [0.717, 1.165) is 17.5 Å². The van der Waals surface area contributed by atoms with Crippen LogP contribution in [-0.2, 0) is 16.0 Å². The van der Waals surface area contributed by atoms with Gasteiger partial charge in [0.05, 0.1) is 7.11 Å². The Morgan fingerprint density at radius 1 is 1.50 bits per heavy atom. The predicted molar refractivity (Wildman–Crippen MR) is 62.9 cm³/mol. The average molecular weight is 260 g/mol. The van der Waals surface area contributed by atoms with Gasteiger partial charge in [0.2, 0.25) is 0 Å². The fourth-order valence-electron chi connectivity index (χ4n) is 1.92. The van der Waals surface area contributed by atoms with E-state index in [4.69, 9.17) is 27.9 Å². The molecule has 0 amide bonds. The number of hydrogen-bond donors (Lipinski definition) is 1. The van der Waals surface area contributed by atoms with Crippen molar-refractivity contribution >= 4 is 29.2 Å². The highest BCUT2D eigenvalue weighted by Gasteiger charge is 2.28. The molecule has 0 fully saturated rings. The number of esters is 1. The van der Waals surface area contributed by atoms with Crippen molar-refractivity contribution in [2.24, 2.45) is 0 Å². The van der Waals surface area contributed by atoms with Gasteiger partial charge in [-0.05, 0) is 29.7 Å². The Bertz CT molecular complexity index is 434. The molecule has 1 heterocycles.